The maximum atomic E-state index is 13.4. The smallest absolute Gasteiger partial charge is 0.266 e. The third-order valence-corrected chi connectivity index (χ3v) is 12.0. The fourth-order valence-electron chi connectivity index (χ4n) is 4.86. The number of amides is 1. The average molecular weight is 617 g/mol. The highest BCUT2D eigenvalue weighted by Gasteiger charge is 2.42. The normalized spacial score (nSPS) is 20.2. The van der Waals surface area contributed by atoms with Crippen molar-refractivity contribution >= 4 is 60.1 Å². The second kappa shape index (κ2) is 11.2. The number of rotatable bonds is 8. The molecule has 5 rings (SSSR count). The predicted octanol–water partition coefficient (Wildman–Crippen LogP) is 3.96. The third kappa shape index (κ3) is 5.53. The number of thiocarbonyl (C=S) groups is 1. The minimum Gasteiger partial charge on any atom is -0.289 e. The highest BCUT2D eigenvalue weighted by Crippen LogP contribution is 2.38. The molecule has 0 N–H and O–H groups in total. The Morgan fingerprint density at radius 1 is 1.12 bits per heavy atom. The summed E-state index contributed by atoms with van der Waals surface area (Å²) in [5, 5.41) is 4.78. The van der Waals surface area contributed by atoms with Crippen molar-refractivity contribution in [3.05, 3.63) is 71.3 Å². The SMILES string of the molecule is CCN(CC)S(=O)(=O)c1cccc(-c2nn(-c3ccccc3)cc2/C=C2\SC(=S)N(C3CCS(=O)(=O)C3)C2=O)c1. The molecule has 2 fully saturated rings. The van der Waals surface area contributed by atoms with Gasteiger partial charge in [-0.25, -0.2) is 21.5 Å². The number of benzene rings is 2. The molecule has 2 aromatic carbocycles. The largest absolute Gasteiger partial charge is 0.289 e. The van der Waals surface area contributed by atoms with Gasteiger partial charge in [-0.05, 0) is 36.8 Å². The molecule has 1 atom stereocenters. The van der Waals surface area contributed by atoms with Gasteiger partial charge in [0.05, 0.1) is 33.0 Å². The van der Waals surface area contributed by atoms with E-state index in [-0.39, 0.29) is 22.3 Å². The highest BCUT2D eigenvalue weighted by molar-refractivity contribution is 8.26. The molecule has 40 heavy (non-hydrogen) atoms. The van der Waals surface area contributed by atoms with Gasteiger partial charge in [0.25, 0.3) is 5.91 Å². The fraction of sp³-hybridized carbons (Fsp3) is 0.296. The van der Waals surface area contributed by atoms with Crippen molar-refractivity contribution < 1.29 is 21.6 Å². The fourth-order valence-corrected chi connectivity index (χ4v) is 9.46. The molecule has 2 saturated heterocycles. The second-order valence-electron chi connectivity index (χ2n) is 9.44. The van der Waals surface area contributed by atoms with Crippen LogP contribution in [-0.2, 0) is 24.7 Å². The van der Waals surface area contributed by atoms with E-state index in [1.165, 1.54) is 9.21 Å². The molecule has 2 aliphatic heterocycles. The van der Waals surface area contributed by atoms with Gasteiger partial charge in [-0.3, -0.25) is 9.69 Å². The van der Waals surface area contributed by atoms with Crippen LogP contribution in [0.25, 0.3) is 23.0 Å². The molecule has 2 aliphatic rings. The number of aromatic nitrogens is 2. The zero-order chi connectivity index (χ0) is 28.7. The maximum Gasteiger partial charge on any atom is 0.266 e. The van der Waals surface area contributed by atoms with E-state index in [0.717, 1.165) is 17.4 Å². The van der Waals surface area contributed by atoms with E-state index >= 15 is 0 Å². The van der Waals surface area contributed by atoms with Gasteiger partial charge in [-0.2, -0.15) is 9.40 Å². The summed E-state index contributed by atoms with van der Waals surface area (Å²) in [6.45, 7) is 4.28. The molecule has 0 bridgehead atoms. The average Bonchev–Trinajstić information content (AvgIpc) is 3.60. The molecule has 1 unspecified atom stereocenters. The van der Waals surface area contributed by atoms with E-state index in [0.29, 0.717) is 45.6 Å². The van der Waals surface area contributed by atoms with E-state index in [1.54, 1.807) is 55.1 Å². The van der Waals surface area contributed by atoms with Gasteiger partial charge in [0.15, 0.2) is 9.84 Å². The molecule has 0 aliphatic carbocycles. The first-order chi connectivity index (χ1) is 19.0. The summed E-state index contributed by atoms with van der Waals surface area (Å²) < 4.78 is 53.9. The number of sulfone groups is 1. The number of carbonyl (C=O) groups is 1. The van der Waals surface area contributed by atoms with Crippen LogP contribution in [0.3, 0.4) is 0 Å². The maximum absolute atomic E-state index is 13.4. The van der Waals surface area contributed by atoms with Crippen LogP contribution >= 0.6 is 24.0 Å². The zero-order valence-electron chi connectivity index (χ0n) is 21.9. The molecule has 3 heterocycles. The van der Waals surface area contributed by atoms with Gasteiger partial charge in [0.1, 0.15) is 10.0 Å². The van der Waals surface area contributed by atoms with Crippen molar-refractivity contribution in [3.8, 4) is 16.9 Å². The Bertz CT molecular complexity index is 1710. The number of nitrogens with zero attached hydrogens (tertiary/aromatic N) is 4. The Labute approximate surface area is 243 Å². The lowest BCUT2D eigenvalue weighted by molar-refractivity contribution is -0.123. The number of hydrogen-bond donors (Lipinski definition) is 0. The van der Waals surface area contributed by atoms with Gasteiger partial charge < -0.3 is 0 Å². The van der Waals surface area contributed by atoms with Crippen molar-refractivity contribution in [3.63, 3.8) is 0 Å². The van der Waals surface area contributed by atoms with Crippen LogP contribution in [-0.4, -0.2) is 76.7 Å². The van der Waals surface area contributed by atoms with Crippen LogP contribution in [0.4, 0.5) is 0 Å². The number of sulfonamides is 1. The van der Waals surface area contributed by atoms with Gasteiger partial charge >= 0.3 is 0 Å². The lowest BCUT2D eigenvalue weighted by atomic mass is 10.1. The van der Waals surface area contributed by atoms with Crippen LogP contribution in [0.1, 0.15) is 25.8 Å². The minimum absolute atomic E-state index is 0.0362. The van der Waals surface area contributed by atoms with E-state index in [1.807, 2.05) is 30.3 Å². The Morgan fingerprint density at radius 3 is 2.50 bits per heavy atom. The Hall–Kier alpha value is -2.84. The molecule has 210 valence electrons. The van der Waals surface area contributed by atoms with Crippen LogP contribution in [0.5, 0.6) is 0 Å². The lowest BCUT2D eigenvalue weighted by Gasteiger charge is -2.20. The Kier molecular flexibility index (Phi) is 8.03. The monoisotopic (exact) mass is 616 g/mol. The Balaban J connectivity index is 1.58. The molecule has 0 radical (unpaired) electrons. The number of para-hydroxylation sites is 1. The molecule has 1 amide bonds. The first-order valence-corrected chi connectivity index (χ1v) is 17.3. The first kappa shape index (κ1) is 28.7. The second-order valence-corrected chi connectivity index (χ2v) is 15.3. The van der Waals surface area contributed by atoms with Crippen LogP contribution in [0, 0.1) is 0 Å². The summed E-state index contributed by atoms with van der Waals surface area (Å²) in [4.78, 5) is 15.3. The van der Waals surface area contributed by atoms with Crippen molar-refractivity contribution in [2.45, 2.75) is 31.2 Å². The molecular weight excluding hydrogens is 589 g/mol. The topological polar surface area (TPSA) is 110 Å². The lowest BCUT2D eigenvalue weighted by Crippen LogP contribution is -2.39. The first-order valence-electron chi connectivity index (χ1n) is 12.8. The predicted molar refractivity (Wildman–Crippen MR) is 161 cm³/mol. The molecular formula is C27H28N4O5S4. The summed E-state index contributed by atoms with van der Waals surface area (Å²) in [5.41, 5.74) is 2.46. The molecule has 9 nitrogen and oxygen atoms in total. The van der Waals surface area contributed by atoms with Crippen molar-refractivity contribution in [2.75, 3.05) is 24.6 Å². The van der Waals surface area contributed by atoms with Gasteiger partial charge in [0.2, 0.25) is 10.0 Å². The summed E-state index contributed by atoms with van der Waals surface area (Å²) in [6, 6.07) is 15.6. The highest BCUT2D eigenvalue weighted by atomic mass is 32.2. The molecule has 3 aromatic rings. The van der Waals surface area contributed by atoms with Crippen molar-refractivity contribution in [1.29, 1.82) is 0 Å². The summed E-state index contributed by atoms with van der Waals surface area (Å²) in [6.07, 6.45) is 3.83. The summed E-state index contributed by atoms with van der Waals surface area (Å²) >= 11 is 6.60. The summed E-state index contributed by atoms with van der Waals surface area (Å²) in [5.74, 6) is -0.403. The van der Waals surface area contributed by atoms with Crippen LogP contribution in [0.15, 0.2) is 70.6 Å². The van der Waals surface area contributed by atoms with E-state index in [4.69, 9.17) is 17.3 Å². The standard InChI is InChI=1S/C27H28N4O5S4/c1-3-29(4-2)40(35,36)23-12-8-9-19(15-23)25-20(17-30(28-25)21-10-6-5-7-11-21)16-24-26(32)31(27(37)38-24)22-13-14-39(33,34)18-22/h5-12,15-17,22H,3-4,13-14,18H2,1-2H3/b24-16-. The molecule has 1 aromatic heterocycles. The van der Waals surface area contributed by atoms with E-state index in [2.05, 4.69) is 0 Å². The van der Waals surface area contributed by atoms with Crippen molar-refractivity contribution in [2.24, 2.45) is 0 Å². The van der Waals surface area contributed by atoms with Crippen molar-refractivity contribution in [1.82, 2.24) is 19.0 Å². The minimum atomic E-state index is -3.70. The van der Waals surface area contributed by atoms with Crippen LogP contribution < -0.4 is 0 Å². The van der Waals surface area contributed by atoms with E-state index < -0.39 is 25.9 Å². The molecule has 0 spiro atoms. The van der Waals surface area contributed by atoms with Gasteiger partial charge in [0, 0.05) is 30.4 Å². The van der Waals surface area contributed by atoms with Gasteiger partial charge in [-0.15, -0.1) is 0 Å². The van der Waals surface area contributed by atoms with Gasteiger partial charge in [-0.1, -0.05) is 68.2 Å². The number of hydrogen-bond acceptors (Lipinski definition) is 8. The van der Waals surface area contributed by atoms with E-state index in [9.17, 15) is 21.6 Å². The summed E-state index contributed by atoms with van der Waals surface area (Å²) in [7, 11) is -6.90. The third-order valence-electron chi connectivity index (χ3n) is 6.90. The quantitative estimate of drug-likeness (QED) is 0.277. The Morgan fingerprint density at radius 2 is 1.85 bits per heavy atom. The molecule has 0 saturated carbocycles. The molecule has 13 heteroatoms. The number of carbonyl (C=O) groups excluding carboxylic acids is 1. The van der Waals surface area contributed by atoms with Crippen LogP contribution in [0.2, 0.25) is 0 Å². The number of thioether (sulfide) groups is 1. The zero-order valence-corrected chi connectivity index (χ0v) is 25.2.